The van der Waals surface area contributed by atoms with Crippen LogP contribution in [0.25, 0.3) is 22.1 Å². The van der Waals surface area contributed by atoms with E-state index in [0.29, 0.717) is 25.0 Å². The molecule has 2 heterocycles. The maximum absolute atomic E-state index is 13.2. The Morgan fingerprint density at radius 1 is 0.947 bits per heavy atom. The number of unbranched alkanes of at least 4 members (excludes halogenated alkanes) is 5. The van der Waals surface area contributed by atoms with E-state index in [0.717, 1.165) is 44.4 Å². The van der Waals surface area contributed by atoms with Crippen molar-refractivity contribution in [2.24, 2.45) is 0 Å². The molecule has 0 spiro atoms. The van der Waals surface area contributed by atoms with E-state index in [1.807, 2.05) is 0 Å². The summed E-state index contributed by atoms with van der Waals surface area (Å²) in [6, 6.07) is 7.35. The molecule has 3 aromatic rings. The number of halogens is 3. The first-order valence-electron chi connectivity index (χ1n) is 12.0. The number of aromatic nitrogens is 1. The highest BCUT2D eigenvalue weighted by Gasteiger charge is 2.48. The molecule has 13 heteroatoms. The number of ether oxygens (including phenoxy) is 1. The summed E-state index contributed by atoms with van der Waals surface area (Å²) in [7, 11) is -8.66. The number of pyridine rings is 1. The lowest BCUT2D eigenvalue weighted by Crippen LogP contribution is -2.23. The third-order valence-corrected chi connectivity index (χ3v) is 9.23. The van der Waals surface area contributed by atoms with Crippen molar-refractivity contribution in [1.29, 1.82) is 0 Å². The van der Waals surface area contributed by atoms with Crippen LogP contribution in [0.2, 0.25) is 0 Å². The number of sulfone groups is 2. The average molecular weight is 576 g/mol. The molecule has 0 saturated carbocycles. The second-order valence-electron chi connectivity index (χ2n) is 8.68. The van der Waals surface area contributed by atoms with Crippen LogP contribution in [0.3, 0.4) is 0 Å². The second-order valence-corrected chi connectivity index (χ2v) is 13.1. The van der Waals surface area contributed by atoms with Crippen LogP contribution in [0, 0.1) is 0 Å². The van der Waals surface area contributed by atoms with Crippen molar-refractivity contribution in [3.05, 3.63) is 53.1 Å². The van der Waals surface area contributed by atoms with Crippen molar-refractivity contribution in [2.45, 2.75) is 55.9 Å². The molecule has 0 aliphatic heterocycles. The molecule has 1 aromatic carbocycles. The van der Waals surface area contributed by atoms with Gasteiger partial charge in [-0.25, -0.2) is 21.6 Å². The minimum atomic E-state index is -5.73. The minimum absolute atomic E-state index is 0.127. The number of alkyl halides is 3. The van der Waals surface area contributed by atoms with Crippen molar-refractivity contribution < 1.29 is 39.2 Å². The smallest absolute Gasteiger partial charge is 0.494 e. The topological polar surface area (TPSA) is 121 Å². The molecule has 208 valence electrons. The molecule has 38 heavy (non-hydrogen) atoms. The Hall–Kier alpha value is -2.93. The van der Waals surface area contributed by atoms with E-state index < -0.39 is 41.1 Å². The van der Waals surface area contributed by atoms with Crippen LogP contribution in [0.1, 0.15) is 45.4 Å². The van der Waals surface area contributed by atoms with Gasteiger partial charge in [-0.05, 0) is 36.6 Å². The van der Waals surface area contributed by atoms with E-state index in [-0.39, 0.29) is 28.2 Å². The predicted octanol–water partition coefficient (Wildman–Crippen LogP) is 5.30. The Bertz CT molecular complexity index is 1530. The zero-order chi connectivity index (χ0) is 28.0. The first-order chi connectivity index (χ1) is 17.9. The van der Waals surface area contributed by atoms with Crippen LogP contribution in [-0.2, 0) is 19.7 Å². The van der Waals surface area contributed by atoms with Crippen molar-refractivity contribution in [2.75, 3.05) is 18.1 Å². The van der Waals surface area contributed by atoms with Gasteiger partial charge in [-0.3, -0.25) is 4.98 Å². The maximum Gasteiger partial charge on any atom is 0.501 e. The Kier molecular flexibility index (Phi) is 9.58. The Morgan fingerprint density at radius 2 is 1.63 bits per heavy atom. The van der Waals surface area contributed by atoms with Gasteiger partial charge in [0.1, 0.15) is 20.5 Å². The molecule has 0 fully saturated rings. The van der Waals surface area contributed by atoms with Crippen molar-refractivity contribution in [3.63, 3.8) is 0 Å². The SMILES string of the molecule is CCS(=O)(=O)CCCCCCCCOc1cccc(-c2cc3c(S(=O)(=O)C(F)(F)F)cncc3oc2=O)c1. The summed E-state index contributed by atoms with van der Waals surface area (Å²) in [6.07, 6.45) is 6.55. The molecule has 0 saturated heterocycles. The van der Waals surface area contributed by atoms with Gasteiger partial charge < -0.3 is 9.15 Å². The van der Waals surface area contributed by atoms with Crippen LogP contribution >= 0.6 is 0 Å². The van der Waals surface area contributed by atoms with Crippen molar-refractivity contribution in [3.8, 4) is 16.9 Å². The fraction of sp³-hybridized carbons (Fsp3) is 0.440. The fourth-order valence-corrected chi connectivity index (χ4v) is 5.60. The maximum atomic E-state index is 13.2. The second kappa shape index (κ2) is 12.3. The van der Waals surface area contributed by atoms with Crippen LogP contribution in [0.4, 0.5) is 13.2 Å². The molecule has 0 unspecified atom stereocenters. The molecule has 0 aliphatic rings. The summed E-state index contributed by atoms with van der Waals surface area (Å²) in [4.78, 5) is 14.9. The van der Waals surface area contributed by atoms with Gasteiger partial charge in [0.15, 0.2) is 5.58 Å². The number of benzene rings is 1. The number of nitrogens with zero attached hydrogens (tertiary/aromatic N) is 1. The van der Waals surface area contributed by atoms with Gasteiger partial charge in [0.2, 0.25) is 0 Å². The quantitative estimate of drug-likeness (QED) is 0.252. The van der Waals surface area contributed by atoms with E-state index in [1.165, 1.54) is 12.1 Å². The molecule has 2 aromatic heterocycles. The van der Waals surface area contributed by atoms with Gasteiger partial charge in [0.25, 0.3) is 9.84 Å². The largest absolute Gasteiger partial charge is 0.501 e. The van der Waals surface area contributed by atoms with Gasteiger partial charge in [-0.2, -0.15) is 13.2 Å². The molecule has 8 nitrogen and oxygen atoms in total. The number of fused-ring (bicyclic) bond motifs is 1. The summed E-state index contributed by atoms with van der Waals surface area (Å²) in [5.41, 5.74) is -6.65. The number of hydrogen-bond donors (Lipinski definition) is 0. The first kappa shape index (κ1) is 29.6. The monoisotopic (exact) mass is 575 g/mol. The molecule has 0 bridgehead atoms. The lowest BCUT2D eigenvalue weighted by atomic mass is 10.1. The lowest BCUT2D eigenvalue weighted by Gasteiger charge is -2.11. The van der Waals surface area contributed by atoms with Crippen LogP contribution in [-0.4, -0.2) is 45.4 Å². The van der Waals surface area contributed by atoms with Gasteiger partial charge in [-0.15, -0.1) is 0 Å². The standard InChI is InChI=1S/C25H28F3NO7S2/c1-2-37(31,32)13-8-6-4-3-5-7-12-35-19-11-9-10-18(14-19)20-15-21-22(36-24(20)30)16-29-17-23(21)38(33,34)25(26,27)28/h9-11,14-17H,2-8,12-13H2,1H3. The van der Waals surface area contributed by atoms with E-state index in [4.69, 9.17) is 9.15 Å². The summed E-state index contributed by atoms with van der Waals surface area (Å²) in [6.45, 7) is 2.03. The van der Waals surface area contributed by atoms with Gasteiger partial charge in [0, 0.05) is 17.3 Å². The highest BCUT2D eigenvalue weighted by molar-refractivity contribution is 7.92. The van der Waals surface area contributed by atoms with Gasteiger partial charge >= 0.3 is 11.1 Å². The molecule has 0 atom stereocenters. The van der Waals surface area contributed by atoms with E-state index >= 15 is 0 Å². The molecular formula is C25H28F3NO7S2. The van der Waals surface area contributed by atoms with E-state index in [9.17, 15) is 34.8 Å². The Balaban J connectivity index is 1.65. The first-order valence-corrected chi connectivity index (χ1v) is 15.3. The highest BCUT2D eigenvalue weighted by atomic mass is 32.2. The molecular weight excluding hydrogens is 547 g/mol. The summed E-state index contributed by atoms with van der Waals surface area (Å²) in [5, 5.41) is -0.412. The van der Waals surface area contributed by atoms with Crippen LogP contribution in [0.5, 0.6) is 5.75 Å². The molecule has 3 rings (SSSR count). The number of hydrogen-bond acceptors (Lipinski definition) is 8. The summed E-state index contributed by atoms with van der Waals surface area (Å²) in [5.74, 6) is 0.801. The van der Waals surface area contributed by atoms with E-state index in [2.05, 4.69) is 4.98 Å². The van der Waals surface area contributed by atoms with Crippen LogP contribution < -0.4 is 10.4 Å². The summed E-state index contributed by atoms with van der Waals surface area (Å²) >= 11 is 0. The number of rotatable bonds is 13. The third kappa shape index (κ3) is 7.34. The highest BCUT2D eigenvalue weighted by Crippen LogP contribution is 2.35. The molecule has 0 aliphatic carbocycles. The van der Waals surface area contributed by atoms with Crippen molar-refractivity contribution >= 4 is 30.6 Å². The van der Waals surface area contributed by atoms with Gasteiger partial charge in [0.05, 0.1) is 24.1 Å². The predicted molar refractivity (Wildman–Crippen MR) is 136 cm³/mol. The third-order valence-electron chi connectivity index (χ3n) is 5.92. The lowest BCUT2D eigenvalue weighted by molar-refractivity contribution is -0.0435. The fourth-order valence-electron chi connectivity index (χ4n) is 3.77. The molecule has 0 amide bonds. The molecule has 0 radical (unpaired) electrons. The van der Waals surface area contributed by atoms with Crippen LogP contribution in [0.15, 0.2) is 56.8 Å². The normalized spacial score (nSPS) is 12.6. The van der Waals surface area contributed by atoms with Crippen molar-refractivity contribution in [1.82, 2.24) is 4.98 Å². The molecule has 0 N–H and O–H groups in total. The zero-order valence-corrected chi connectivity index (χ0v) is 22.3. The van der Waals surface area contributed by atoms with Gasteiger partial charge in [-0.1, -0.05) is 44.7 Å². The Morgan fingerprint density at radius 3 is 2.32 bits per heavy atom. The summed E-state index contributed by atoms with van der Waals surface area (Å²) < 4.78 is 97.3. The minimum Gasteiger partial charge on any atom is -0.494 e. The van der Waals surface area contributed by atoms with E-state index in [1.54, 1.807) is 19.1 Å². The Labute approximate surface area is 218 Å². The average Bonchev–Trinajstić information content (AvgIpc) is 2.86. The zero-order valence-electron chi connectivity index (χ0n) is 20.7.